The van der Waals surface area contributed by atoms with Gasteiger partial charge in [-0.25, -0.2) is 0 Å². The highest BCUT2D eigenvalue weighted by atomic mass is 35.5. The second-order valence-electron chi connectivity index (χ2n) is 1.71. The van der Waals surface area contributed by atoms with Crippen molar-refractivity contribution in [2.75, 3.05) is 0 Å². The summed E-state index contributed by atoms with van der Waals surface area (Å²) in [6, 6.07) is 0. The molecular weight excluding hydrogens is 136 g/mol. The van der Waals surface area contributed by atoms with Gasteiger partial charge in [0.15, 0.2) is 0 Å². The van der Waals surface area contributed by atoms with E-state index in [0.717, 1.165) is 0 Å². The summed E-state index contributed by atoms with van der Waals surface area (Å²) in [5.74, 6) is 2.21. The molecule has 0 aliphatic rings. The third kappa shape index (κ3) is 2.55. The Morgan fingerprint density at radius 1 is 1.89 bits per heavy atom. The molecular formula is C7H9ClO. The molecule has 0 radical (unpaired) electrons. The lowest BCUT2D eigenvalue weighted by molar-refractivity contribution is 0.149. The molecule has 0 saturated carbocycles. The summed E-state index contributed by atoms with van der Waals surface area (Å²) < 4.78 is 0. The summed E-state index contributed by atoms with van der Waals surface area (Å²) in [6.45, 7) is 1.79. The van der Waals surface area contributed by atoms with Gasteiger partial charge in [-0.2, -0.15) is 0 Å². The molecule has 0 aromatic heterocycles. The van der Waals surface area contributed by atoms with E-state index in [9.17, 15) is 5.11 Å². The maximum atomic E-state index is 9.22. The minimum atomic E-state index is -1.15. The zero-order valence-electron chi connectivity index (χ0n) is 5.26. The quantitative estimate of drug-likeness (QED) is 0.583. The van der Waals surface area contributed by atoms with Crippen LogP contribution < -0.4 is 0 Å². The lowest BCUT2D eigenvalue weighted by atomic mass is 10.0. The van der Waals surface area contributed by atoms with E-state index in [0.29, 0.717) is 6.42 Å². The van der Waals surface area contributed by atoms with E-state index in [2.05, 4.69) is 5.92 Å². The first-order valence-corrected chi connectivity index (χ1v) is 3.10. The van der Waals surface area contributed by atoms with Crippen LogP contribution >= 0.6 is 11.6 Å². The van der Waals surface area contributed by atoms with Gasteiger partial charge in [0, 0.05) is 5.54 Å². The van der Waals surface area contributed by atoms with E-state index in [1.165, 1.54) is 11.6 Å². The van der Waals surface area contributed by atoms with Crippen molar-refractivity contribution in [1.29, 1.82) is 0 Å². The molecule has 1 nitrogen and oxygen atoms in total. The molecule has 0 spiro atoms. The van der Waals surface area contributed by atoms with Crippen LogP contribution in [-0.2, 0) is 0 Å². The Bertz CT molecular complexity index is 145. The topological polar surface area (TPSA) is 20.2 Å². The highest BCUT2D eigenvalue weighted by Gasteiger charge is 2.15. The Morgan fingerprint density at radius 3 is 2.56 bits per heavy atom. The Labute approximate surface area is 60.3 Å². The summed E-state index contributed by atoms with van der Waals surface area (Å²) in [5.41, 5.74) is 0.0745. The SMILES string of the molecule is C#C[C@](O)(C=CCl)CC. The van der Waals surface area contributed by atoms with Crippen LogP contribution in [0.15, 0.2) is 11.6 Å². The molecule has 1 N–H and O–H groups in total. The van der Waals surface area contributed by atoms with Gasteiger partial charge in [0.05, 0.1) is 0 Å². The predicted octanol–water partition coefficient (Wildman–Crippen LogP) is 1.51. The Balaban J connectivity index is 4.14. The molecule has 0 unspecified atom stereocenters. The molecule has 0 saturated heterocycles. The molecule has 2 heteroatoms. The van der Waals surface area contributed by atoms with Crippen molar-refractivity contribution in [2.24, 2.45) is 0 Å². The normalized spacial score (nSPS) is 17.1. The molecule has 0 rings (SSSR count). The summed E-state index contributed by atoms with van der Waals surface area (Å²) in [6.07, 6.45) is 6.86. The first kappa shape index (κ1) is 8.55. The van der Waals surface area contributed by atoms with Crippen molar-refractivity contribution in [2.45, 2.75) is 18.9 Å². The van der Waals surface area contributed by atoms with Crippen molar-refractivity contribution >= 4 is 11.6 Å². The maximum absolute atomic E-state index is 9.22. The van der Waals surface area contributed by atoms with Crippen LogP contribution in [0.5, 0.6) is 0 Å². The number of hydrogen-bond donors (Lipinski definition) is 1. The maximum Gasteiger partial charge on any atom is 0.144 e. The molecule has 0 bridgehead atoms. The molecule has 1 atom stereocenters. The van der Waals surface area contributed by atoms with E-state index >= 15 is 0 Å². The Hall–Kier alpha value is -0.450. The van der Waals surface area contributed by atoms with Crippen molar-refractivity contribution in [3.8, 4) is 12.3 Å². The minimum Gasteiger partial charge on any atom is -0.374 e. The van der Waals surface area contributed by atoms with Crippen molar-refractivity contribution in [3.63, 3.8) is 0 Å². The van der Waals surface area contributed by atoms with Gasteiger partial charge in [0.1, 0.15) is 5.60 Å². The molecule has 0 aromatic rings. The van der Waals surface area contributed by atoms with E-state index in [1.807, 2.05) is 0 Å². The summed E-state index contributed by atoms with van der Waals surface area (Å²) >= 11 is 5.21. The largest absolute Gasteiger partial charge is 0.374 e. The molecule has 50 valence electrons. The van der Waals surface area contributed by atoms with Gasteiger partial charge in [0.25, 0.3) is 0 Å². The van der Waals surface area contributed by atoms with Gasteiger partial charge < -0.3 is 5.11 Å². The van der Waals surface area contributed by atoms with Gasteiger partial charge in [0.2, 0.25) is 0 Å². The summed E-state index contributed by atoms with van der Waals surface area (Å²) in [5, 5.41) is 9.22. The van der Waals surface area contributed by atoms with Crippen molar-refractivity contribution in [1.82, 2.24) is 0 Å². The van der Waals surface area contributed by atoms with Crippen molar-refractivity contribution < 1.29 is 5.11 Å². The van der Waals surface area contributed by atoms with Gasteiger partial charge in [-0.1, -0.05) is 24.4 Å². The Kier molecular flexibility index (Phi) is 3.37. The lowest BCUT2D eigenvalue weighted by Crippen LogP contribution is -2.20. The average Bonchev–Trinajstić information content (AvgIpc) is 1.89. The number of aliphatic hydroxyl groups is 1. The number of terminal acetylenes is 1. The molecule has 0 aliphatic carbocycles. The molecule has 9 heavy (non-hydrogen) atoms. The fraction of sp³-hybridized carbons (Fsp3) is 0.429. The molecule has 0 aromatic carbocycles. The third-order valence-electron chi connectivity index (χ3n) is 1.13. The van der Waals surface area contributed by atoms with E-state index in [-0.39, 0.29) is 0 Å². The van der Waals surface area contributed by atoms with E-state index in [4.69, 9.17) is 18.0 Å². The second kappa shape index (κ2) is 3.55. The third-order valence-corrected chi connectivity index (χ3v) is 1.25. The number of hydrogen-bond acceptors (Lipinski definition) is 1. The van der Waals surface area contributed by atoms with Crippen LogP contribution in [0.25, 0.3) is 0 Å². The number of halogens is 1. The lowest BCUT2D eigenvalue weighted by Gasteiger charge is -2.12. The Morgan fingerprint density at radius 2 is 2.44 bits per heavy atom. The van der Waals surface area contributed by atoms with E-state index in [1.54, 1.807) is 6.92 Å². The minimum absolute atomic E-state index is 0.479. The predicted molar refractivity (Wildman–Crippen MR) is 39.1 cm³/mol. The van der Waals surface area contributed by atoms with Gasteiger partial charge in [-0.05, 0) is 12.5 Å². The standard InChI is InChI=1S/C7H9ClO/c1-3-7(9,4-2)5-6-8/h1,5-6,9H,4H2,2H3/t7-/m1/s1. The monoisotopic (exact) mass is 144 g/mol. The molecule has 0 fully saturated rings. The fourth-order valence-electron chi connectivity index (χ4n) is 0.372. The number of rotatable bonds is 2. The van der Waals surface area contributed by atoms with E-state index < -0.39 is 5.60 Å². The highest BCUT2D eigenvalue weighted by molar-refractivity contribution is 6.25. The smallest absolute Gasteiger partial charge is 0.144 e. The van der Waals surface area contributed by atoms with Crippen LogP contribution in [-0.4, -0.2) is 10.7 Å². The van der Waals surface area contributed by atoms with Crippen molar-refractivity contribution in [3.05, 3.63) is 11.6 Å². The second-order valence-corrected chi connectivity index (χ2v) is 1.97. The fourth-order valence-corrected chi connectivity index (χ4v) is 0.581. The molecule has 0 heterocycles. The zero-order valence-corrected chi connectivity index (χ0v) is 6.02. The van der Waals surface area contributed by atoms with Crippen LogP contribution in [0.2, 0.25) is 0 Å². The van der Waals surface area contributed by atoms with Gasteiger partial charge >= 0.3 is 0 Å². The van der Waals surface area contributed by atoms with Gasteiger partial charge in [-0.15, -0.1) is 6.42 Å². The average molecular weight is 145 g/mol. The van der Waals surface area contributed by atoms with Crippen LogP contribution in [0.3, 0.4) is 0 Å². The first-order chi connectivity index (χ1) is 4.18. The highest BCUT2D eigenvalue weighted by Crippen LogP contribution is 2.09. The van der Waals surface area contributed by atoms with Crippen LogP contribution in [0.4, 0.5) is 0 Å². The first-order valence-electron chi connectivity index (χ1n) is 2.66. The summed E-state index contributed by atoms with van der Waals surface area (Å²) in [4.78, 5) is 0. The summed E-state index contributed by atoms with van der Waals surface area (Å²) in [7, 11) is 0. The van der Waals surface area contributed by atoms with Gasteiger partial charge in [-0.3, -0.25) is 0 Å². The molecule has 0 amide bonds. The van der Waals surface area contributed by atoms with Crippen LogP contribution in [0, 0.1) is 12.3 Å². The zero-order chi connectivity index (χ0) is 7.33. The van der Waals surface area contributed by atoms with Crippen LogP contribution in [0.1, 0.15) is 13.3 Å². The molecule has 0 aliphatic heterocycles.